The zero-order chi connectivity index (χ0) is 21.6. The van der Waals surface area contributed by atoms with E-state index in [1.54, 1.807) is 14.2 Å². The Morgan fingerprint density at radius 3 is 2.37 bits per heavy atom. The molecule has 0 bridgehead atoms. The highest BCUT2D eigenvalue weighted by molar-refractivity contribution is 5.79. The Hall–Kier alpha value is -2.57. The normalized spacial score (nSPS) is 11.4. The van der Waals surface area contributed by atoms with E-state index in [0.717, 1.165) is 35.9 Å². The fourth-order valence-electron chi connectivity index (χ4n) is 2.95. The highest BCUT2D eigenvalue weighted by Crippen LogP contribution is 2.20. The molecule has 6 heteroatoms. The number of rotatable bonds is 12. The second-order valence-electron chi connectivity index (χ2n) is 7.05. The number of benzene rings is 2. The molecule has 164 valence electrons. The van der Waals surface area contributed by atoms with E-state index in [2.05, 4.69) is 59.8 Å². The third-order valence-electron chi connectivity index (χ3n) is 4.61. The lowest BCUT2D eigenvalue weighted by molar-refractivity contribution is 0.121. The summed E-state index contributed by atoms with van der Waals surface area (Å²) in [4.78, 5) is 4.35. The Balaban J connectivity index is 1.93. The molecule has 6 nitrogen and oxygen atoms in total. The van der Waals surface area contributed by atoms with Gasteiger partial charge in [-0.15, -0.1) is 0 Å². The fraction of sp³-hybridized carbons (Fsp3) is 0.458. The molecule has 2 rings (SSSR count). The summed E-state index contributed by atoms with van der Waals surface area (Å²) >= 11 is 0. The fourth-order valence-corrected chi connectivity index (χ4v) is 2.95. The SMILES string of the molecule is CCCOCc1ccccc1CNC(=NC)NCc1ccc(C)cc1OCCOC. The van der Waals surface area contributed by atoms with E-state index in [1.807, 2.05) is 12.1 Å². The van der Waals surface area contributed by atoms with E-state index in [1.165, 1.54) is 11.1 Å². The number of aryl methyl sites for hydroxylation is 1. The van der Waals surface area contributed by atoms with Crippen molar-refractivity contribution in [3.63, 3.8) is 0 Å². The first-order chi connectivity index (χ1) is 14.7. The van der Waals surface area contributed by atoms with Crippen molar-refractivity contribution in [3.05, 3.63) is 64.7 Å². The van der Waals surface area contributed by atoms with Crippen molar-refractivity contribution in [2.75, 3.05) is 34.0 Å². The van der Waals surface area contributed by atoms with E-state index < -0.39 is 0 Å². The molecule has 0 aromatic heterocycles. The summed E-state index contributed by atoms with van der Waals surface area (Å²) < 4.78 is 16.7. The first-order valence-corrected chi connectivity index (χ1v) is 10.5. The number of methoxy groups -OCH3 is 1. The molecule has 2 aromatic carbocycles. The van der Waals surface area contributed by atoms with Crippen LogP contribution in [-0.2, 0) is 29.2 Å². The van der Waals surface area contributed by atoms with Gasteiger partial charge in [-0.05, 0) is 36.1 Å². The third-order valence-corrected chi connectivity index (χ3v) is 4.61. The topological polar surface area (TPSA) is 64.1 Å². The summed E-state index contributed by atoms with van der Waals surface area (Å²) in [6, 6.07) is 14.5. The van der Waals surface area contributed by atoms with Crippen LogP contribution in [0.25, 0.3) is 0 Å². The van der Waals surface area contributed by atoms with Crippen molar-refractivity contribution in [1.82, 2.24) is 10.6 Å². The minimum absolute atomic E-state index is 0.525. The molecule has 2 N–H and O–H groups in total. The maximum atomic E-state index is 5.88. The standard InChI is InChI=1S/C24H35N3O3/c1-5-12-29-18-22-9-7-6-8-20(22)16-26-24(25-3)27-17-21-11-10-19(2)15-23(21)30-14-13-28-4/h6-11,15H,5,12-14,16-18H2,1-4H3,(H2,25,26,27). The molecule has 0 saturated carbocycles. The number of ether oxygens (including phenoxy) is 3. The molecule has 0 heterocycles. The van der Waals surface area contributed by atoms with Gasteiger partial charge < -0.3 is 24.8 Å². The van der Waals surface area contributed by atoms with Crippen LogP contribution in [0.4, 0.5) is 0 Å². The van der Waals surface area contributed by atoms with Gasteiger partial charge in [0.05, 0.1) is 13.2 Å². The first-order valence-electron chi connectivity index (χ1n) is 10.5. The van der Waals surface area contributed by atoms with Gasteiger partial charge in [-0.1, -0.05) is 43.3 Å². The average molecular weight is 414 g/mol. The zero-order valence-corrected chi connectivity index (χ0v) is 18.7. The molecule has 0 atom stereocenters. The van der Waals surface area contributed by atoms with Crippen molar-refractivity contribution >= 4 is 5.96 Å². The number of hydrogen-bond acceptors (Lipinski definition) is 4. The molecule has 0 aliphatic heterocycles. The van der Waals surface area contributed by atoms with Gasteiger partial charge in [0.25, 0.3) is 0 Å². The molecule has 2 aromatic rings. The third kappa shape index (κ3) is 8.05. The molecule has 0 radical (unpaired) electrons. The maximum Gasteiger partial charge on any atom is 0.191 e. The van der Waals surface area contributed by atoms with Crippen molar-refractivity contribution in [1.29, 1.82) is 0 Å². The molecular formula is C24H35N3O3. The molecule has 0 unspecified atom stereocenters. The van der Waals surface area contributed by atoms with Crippen LogP contribution in [0.3, 0.4) is 0 Å². The van der Waals surface area contributed by atoms with Crippen LogP contribution in [0.2, 0.25) is 0 Å². The van der Waals surface area contributed by atoms with Gasteiger partial charge >= 0.3 is 0 Å². The highest BCUT2D eigenvalue weighted by Gasteiger charge is 2.07. The van der Waals surface area contributed by atoms with Gasteiger partial charge in [0, 0.05) is 39.4 Å². The van der Waals surface area contributed by atoms with E-state index in [0.29, 0.717) is 32.9 Å². The number of guanidine groups is 1. The zero-order valence-electron chi connectivity index (χ0n) is 18.7. The minimum Gasteiger partial charge on any atom is -0.491 e. The maximum absolute atomic E-state index is 5.88. The molecule has 0 fully saturated rings. The summed E-state index contributed by atoms with van der Waals surface area (Å²) in [7, 11) is 3.45. The monoisotopic (exact) mass is 413 g/mol. The lowest BCUT2D eigenvalue weighted by atomic mass is 10.1. The molecule has 0 spiro atoms. The Bertz CT molecular complexity index is 793. The lowest BCUT2D eigenvalue weighted by Crippen LogP contribution is -2.36. The van der Waals surface area contributed by atoms with Crippen LogP contribution in [0, 0.1) is 6.92 Å². The van der Waals surface area contributed by atoms with Crippen molar-refractivity contribution in [3.8, 4) is 5.75 Å². The second-order valence-corrected chi connectivity index (χ2v) is 7.05. The van der Waals surface area contributed by atoms with Crippen LogP contribution in [0.1, 0.15) is 35.6 Å². The van der Waals surface area contributed by atoms with Gasteiger partial charge in [-0.3, -0.25) is 4.99 Å². The highest BCUT2D eigenvalue weighted by atomic mass is 16.5. The quantitative estimate of drug-likeness (QED) is 0.315. The average Bonchev–Trinajstić information content (AvgIpc) is 2.76. The summed E-state index contributed by atoms with van der Waals surface area (Å²) in [5.41, 5.74) is 4.64. The number of nitrogens with zero attached hydrogens (tertiary/aromatic N) is 1. The number of aliphatic imine (C=N–C) groups is 1. The molecule has 30 heavy (non-hydrogen) atoms. The van der Waals surface area contributed by atoms with Crippen molar-refractivity contribution < 1.29 is 14.2 Å². The Labute approximate surface area is 180 Å². The van der Waals surface area contributed by atoms with Crippen LogP contribution < -0.4 is 15.4 Å². The predicted molar refractivity (Wildman–Crippen MR) is 122 cm³/mol. The van der Waals surface area contributed by atoms with Gasteiger partial charge in [0.2, 0.25) is 0 Å². The molecule has 0 amide bonds. The summed E-state index contributed by atoms with van der Waals surface area (Å²) in [5.74, 6) is 1.61. The van der Waals surface area contributed by atoms with E-state index in [9.17, 15) is 0 Å². The molecular weight excluding hydrogens is 378 g/mol. The predicted octanol–water partition coefficient (Wildman–Crippen LogP) is 3.81. The van der Waals surface area contributed by atoms with Crippen LogP contribution in [0.15, 0.2) is 47.5 Å². The molecule has 0 aliphatic rings. The Morgan fingerprint density at radius 1 is 0.933 bits per heavy atom. The van der Waals surface area contributed by atoms with Gasteiger partial charge in [0.1, 0.15) is 12.4 Å². The van der Waals surface area contributed by atoms with Gasteiger partial charge in [-0.2, -0.15) is 0 Å². The van der Waals surface area contributed by atoms with Crippen molar-refractivity contribution in [2.24, 2.45) is 4.99 Å². The minimum atomic E-state index is 0.525. The second kappa shape index (κ2) is 13.6. The molecule has 0 saturated heterocycles. The van der Waals surface area contributed by atoms with Gasteiger partial charge in [0.15, 0.2) is 5.96 Å². The Morgan fingerprint density at radius 2 is 1.67 bits per heavy atom. The van der Waals surface area contributed by atoms with Crippen LogP contribution in [0.5, 0.6) is 5.75 Å². The van der Waals surface area contributed by atoms with E-state index >= 15 is 0 Å². The summed E-state index contributed by atoms with van der Waals surface area (Å²) in [5, 5.41) is 6.77. The Kier molecular flexibility index (Phi) is 10.8. The largest absolute Gasteiger partial charge is 0.491 e. The van der Waals surface area contributed by atoms with E-state index in [-0.39, 0.29) is 0 Å². The van der Waals surface area contributed by atoms with E-state index in [4.69, 9.17) is 14.2 Å². The molecule has 0 aliphatic carbocycles. The van der Waals surface area contributed by atoms with Crippen LogP contribution >= 0.6 is 0 Å². The number of hydrogen-bond donors (Lipinski definition) is 2. The van der Waals surface area contributed by atoms with Crippen molar-refractivity contribution in [2.45, 2.75) is 40.0 Å². The van der Waals surface area contributed by atoms with Crippen LogP contribution in [-0.4, -0.2) is 39.9 Å². The lowest BCUT2D eigenvalue weighted by Gasteiger charge is -2.16. The van der Waals surface area contributed by atoms with Gasteiger partial charge in [-0.25, -0.2) is 0 Å². The smallest absolute Gasteiger partial charge is 0.191 e. The first kappa shape index (κ1) is 23.7. The summed E-state index contributed by atoms with van der Waals surface area (Å²) in [6.45, 7) is 7.95. The number of nitrogens with one attached hydrogen (secondary N) is 2. The summed E-state index contributed by atoms with van der Waals surface area (Å²) in [6.07, 6.45) is 1.02.